The standard InChI is InChI=1S/C12H18N4O3/c1-15(2)8-10(17)13-6-4-5-9-7-16(3)12(19)14-11(9)18/h4-5,7H,6,8H2,1-3H3,(H,13,17)(H,14,18,19)/b5-4+. The highest BCUT2D eigenvalue weighted by molar-refractivity contribution is 5.78. The smallest absolute Gasteiger partial charge is 0.328 e. The number of nitrogens with zero attached hydrogens (tertiary/aromatic N) is 2. The minimum absolute atomic E-state index is 0.0935. The third-order valence-corrected chi connectivity index (χ3v) is 2.31. The van der Waals surface area contributed by atoms with Crippen LogP contribution in [0.5, 0.6) is 0 Å². The van der Waals surface area contributed by atoms with E-state index in [1.54, 1.807) is 38.2 Å². The maximum absolute atomic E-state index is 11.5. The number of carbonyl (C=O) groups excluding carboxylic acids is 1. The van der Waals surface area contributed by atoms with E-state index in [1.807, 2.05) is 0 Å². The fourth-order valence-corrected chi connectivity index (χ4v) is 1.40. The van der Waals surface area contributed by atoms with E-state index in [0.717, 1.165) is 0 Å². The maximum atomic E-state index is 11.5. The normalized spacial score (nSPS) is 11.2. The van der Waals surface area contributed by atoms with E-state index in [0.29, 0.717) is 18.7 Å². The van der Waals surface area contributed by atoms with Crippen molar-refractivity contribution in [3.63, 3.8) is 0 Å². The highest BCUT2D eigenvalue weighted by Gasteiger charge is 2.00. The summed E-state index contributed by atoms with van der Waals surface area (Å²) in [5, 5.41) is 2.68. The van der Waals surface area contributed by atoms with Gasteiger partial charge in [-0.3, -0.25) is 14.6 Å². The quantitative estimate of drug-likeness (QED) is 0.698. The van der Waals surface area contributed by atoms with Gasteiger partial charge in [0, 0.05) is 19.8 Å². The number of aryl methyl sites for hydroxylation is 1. The summed E-state index contributed by atoms with van der Waals surface area (Å²) in [6, 6.07) is 0. The van der Waals surface area contributed by atoms with Gasteiger partial charge in [0.05, 0.1) is 12.1 Å². The van der Waals surface area contributed by atoms with Gasteiger partial charge in [-0.1, -0.05) is 12.2 Å². The van der Waals surface area contributed by atoms with Gasteiger partial charge < -0.3 is 14.8 Å². The van der Waals surface area contributed by atoms with Crippen molar-refractivity contribution in [2.24, 2.45) is 7.05 Å². The van der Waals surface area contributed by atoms with E-state index < -0.39 is 11.2 Å². The molecule has 0 aliphatic carbocycles. The van der Waals surface area contributed by atoms with E-state index in [1.165, 1.54) is 10.8 Å². The van der Waals surface area contributed by atoms with Gasteiger partial charge in [-0.05, 0) is 14.1 Å². The van der Waals surface area contributed by atoms with Crippen molar-refractivity contribution in [1.29, 1.82) is 0 Å². The van der Waals surface area contributed by atoms with E-state index in [4.69, 9.17) is 0 Å². The van der Waals surface area contributed by atoms with E-state index >= 15 is 0 Å². The zero-order chi connectivity index (χ0) is 14.4. The first-order valence-corrected chi connectivity index (χ1v) is 5.78. The fraction of sp³-hybridized carbons (Fsp3) is 0.417. The molecule has 0 aromatic carbocycles. The van der Waals surface area contributed by atoms with Crippen molar-refractivity contribution in [3.05, 3.63) is 38.7 Å². The molecule has 1 amide bonds. The zero-order valence-corrected chi connectivity index (χ0v) is 11.3. The van der Waals surface area contributed by atoms with Crippen molar-refractivity contribution in [3.8, 4) is 0 Å². The highest BCUT2D eigenvalue weighted by atomic mass is 16.2. The molecule has 19 heavy (non-hydrogen) atoms. The average Bonchev–Trinajstić information content (AvgIpc) is 2.30. The number of rotatable bonds is 5. The minimum atomic E-state index is -0.457. The van der Waals surface area contributed by atoms with Gasteiger partial charge in [-0.2, -0.15) is 0 Å². The lowest BCUT2D eigenvalue weighted by Gasteiger charge is -2.08. The second-order valence-electron chi connectivity index (χ2n) is 4.40. The molecule has 0 spiro atoms. The first kappa shape index (κ1) is 14.9. The first-order chi connectivity index (χ1) is 8.90. The van der Waals surface area contributed by atoms with Crippen molar-refractivity contribution in [1.82, 2.24) is 19.8 Å². The van der Waals surface area contributed by atoms with Gasteiger partial charge in [0.1, 0.15) is 0 Å². The third-order valence-electron chi connectivity index (χ3n) is 2.31. The Bertz CT molecular complexity index is 583. The minimum Gasteiger partial charge on any atom is -0.352 e. The SMILES string of the molecule is CN(C)CC(=O)NC/C=C/c1cn(C)c(=O)[nH]c1=O. The summed E-state index contributed by atoms with van der Waals surface area (Å²) in [4.78, 5) is 37.9. The molecule has 1 aromatic heterocycles. The van der Waals surface area contributed by atoms with Crippen LogP contribution in [0.1, 0.15) is 5.56 Å². The first-order valence-electron chi connectivity index (χ1n) is 5.78. The summed E-state index contributed by atoms with van der Waals surface area (Å²) in [5.74, 6) is -0.0935. The molecule has 1 rings (SSSR count). The molecule has 1 aromatic rings. The molecule has 0 atom stereocenters. The molecular weight excluding hydrogens is 248 g/mol. The second kappa shape index (κ2) is 6.69. The Labute approximate surface area is 110 Å². The fourth-order valence-electron chi connectivity index (χ4n) is 1.40. The predicted molar refractivity (Wildman–Crippen MR) is 72.9 cm³/mol. The molecule has 0 fully saturated rings. The van der Waals surface area contributed by atoms with Crippen LogP contribution in [-0.4, -0.2) is 47.5 Å². The van der Waals surface area contributed by atoms with Crippen molar-refractivity contribution < 1.29 is 4.79 Å². The summed E-state index contributed by atoms with van der Waals surface area (Å²) in [6.45, 7) is 0.642. The summed E-state index contributed by atoms with van der Waals surface area (Å²) < 4.78 is 1.28. The van der Waals surface area contributed by atoms with Crippen molar-refractivity contribution in [2.45, 2.75) is 0 Å². The molecule has 2 N–H and O–H groups in total. The van der Waals surface area contributed by atoms with Crippen LogP contribution in [0.4, 0.5) is 0 Å². The van der Waals surface area contributed by atoms with Crippen molar-refractivity contribution in [2.75, 3.05) is 27.2 Å². The van der Waals surface area contributed by atoms with E-state index in [9.17, 15) is 14.4 Å². The molecular formula is C12H18N4O3. The molecule has 0 unspecified atom stereocenters. The Morgan fingerprint density at radius 3 is 2.79 bits per heavy atom. The topological polar surface area (TPSA) is 87.2 Å². The van der Waals surface area contributed by atoms with Crippen LogP contribution in [0, 0.1) is 0 Å². The lowest BCUT2D eigenvalue weighted by atomic mass is 10.3. The summed E-state index contributed by atoms with van der Waals surface area (Å²) >= 11 is 0. The number of hydrogen-bond donors (Lipinski definition) is 2. The van der Waals surface area contributed by atoms with Gasteiger partial charge in [-0.15, -0.1) is 0 Å². The predicted octanol–water partition coefficient (Wildman–Crippen LogP) is -1.24. The van der Waals surface area contributed by atoms with Crippen LogP contribution < -0.4 is 16.6 Å². The Morgan fingerprint density at radius 1 is 1.47 bits per heavy atom. The third kappa shape index (κ3) is 4.92. The summed E-state index contributed by atoms with van der Waals surface area (Å²) in [5.41, 5.74) is -0.538. The number of carbonyl (C=O) groups is 1. The lowest BCUT2D eigenvalue weighted by molar-refractivity contribution is -0.121. The van der Waals surface area contributed by atoms with Crippen molar-refractivity contribution >= 4 is 12.0 Å². The molecule has 0 aliphatic rings. The lowest BCUT2D eigenvalue weighted by Crippen LogP contribution is -2.33. The van der Waals surface area contributed by atoms with Gasteiger partial charge in [-0.25, -0.2) is 4.79 Å². The molecule has 1 heterocycles. The molecule has 0 bridgehead atoms. The van der Waals surface area contributed by atoms with Crippen LogP contribution >= 0.6 is 0 Å². The molecule has 0 radical (unpaired) electrons. The van der Waals surface area contributed by atoms with Gasteiger partial charge in [0.15, 0.2) is 0 Å². The van der Waals surface area contributed by atoms with Crippen LogP contribution in [0.15, 0.2) is 21.9 Å². The zero-order valence-electron chi connectivity index (χ0n) is 11.3. The van der Waals surface area contributed by atoms with E-state index in [2.05, 4.69) is 10.3 Å². The Balaban J connectivity index is 2.59. The largest absolute Gasteiger partial charge is 0.352 e. The van der Waals surface area contributed by atoms with Crippen LogP contribution in [0.2, 0.25) is 0 Å². The maximum Gasteiger partial charge on any atom is 0.328 e. The van der Waals surface area contributed by atoms with Gasteiger partial charge in [0.25, 0.3) is 5.56 Å². The average molecular weight is 266 g/mol. The highest BCUT2D eigenvalue weighted by Crippen LogP contribution is 1.90. The molecule has 7 heteroatoms. The number of nitrogens with one attached hydrogen (secondary N) is 2. The number of likely N-dealkylation sites (N-methyl/N-ethyl adjacent to an activating group) is 1. The van der Waals surface area contributed by atoms with Crippen LogP contribution in [0.25, 0.3) is 6.08 Å². The number of H-pyrrole nitrogens is 1. The molecule has 0 saturated carbocycles. The second-order valence-corrected chi connectivity index (χ2v) is 4.40. The molecule has 104 valence electrons. The number of aromatic nitrogens is 2. The number of amides is 1. The molecule has 0 aliphatic heterocycles. The molecule has 0 saturated heterocycles. The van der Waals surface area contributed by atoms with Crippen LogP contribution in [0.3, 0.4) is 0 Å². The summed E-state index contributed by atoms with van der Waals surface area (Å²) in [7, 11) is 5.16. The van der Waals surface area contributed by atoms with Gasteiger partial charge >= 0.3 is 5.69 Å². The summed E-state index contributed by atoms with van der Waals surface area (Å²) in [6.07, 6.45) is 4.66. The van der Waals surface area contributed by atoms with Gasteiger partial charge in [0.2, 0.25) is 5.91 Å². The number of hydrogen-bond acceptors (Lipinski definition) is 4. The Morgan fingerprint density at radius 2 is 2.16 bits per heavy atom. The monoisotopic (exact) mass is 266 g/mol. The van der Waals surface area contributed by atoms with E-state index in [-0.39, 0.29) is 5.91 Å². The number of aromatic amines is 1. The Hall–Kier alpha value is -2.15. The molecule has 7 nitrogen and oxygen atoms in total. The van der Waals surface area contributed by atoms with Crippen LogP contribution in [-0.2, 0) is 11.8 Å². The Kier molecular flexibility index (Phi) is 5.25.